The lowest BCUT2D eigenvalue weighted by Gasteiger charge is -2.36. The fraction of sp³-hybridized carbons (Fsp3) is 0.316. The van der Waals surface area contributed by atoms with Crippen molar-refractivity contribution < 1.29 is 4.79 Å². The van der Waals surface area contributed by atoms with Crippen LogP contribution in [0.5, 0.6) is 0 Å². The number of benzene rings is 1. The number of hydrogen-bond donors (Lipinski definition) is 0. The Morgan fingerprint density at radius 1 is 1.12 bits per heavy atom. The van der Waals surface area contributed by atoms with Crippen molar-refractivity contribution in [1.29, 1.82) is 0 Å². The fourth-order valence-electron chi connectivity index (χ4n) is 3.60. The minimum absolute atomic E-state index is 0.0843. The molecule has 2 atom stereocenters. The smallest absolute Gasteiger partial charge is 0.280 e. The third kappa shape index (κ3) is 2.54. The van der Waals surface area contributed by atoms with Crippen molar-refractivity contribution in [2.45, 2.75) is 39.3 Å². The van der Waals surface area contributed by atoms with Gasteiger partial charge in [-0.25, -0.2) is 9.36 Å². The van der Waals surface area contributed by atoms with Gasteiger partial charge in [0.25, 0.3) is 5.91 Å². The molecule has 6 heteroatoms. The standard InChI is InChI=1S/C19H21N5O/c1-13-11-14(2)24-18(9-10-20-24)22(13)19(25)17-12-15(3)23(21-17)16-7-5-4-6-8-16/h4-10,12-14H,11H2,1-3H3/t13-,14-/m1/s1. The van der Waals surface area contributed by atoms with Crippen LogP contribution in [0, 0.1) is 6.92 Å². The molecule has 1 aliphatic rings. The third-order valence-electron chi connectivity index (χ3n) is 4.76. The van der Waals surface area contributed by atoms with Crippen molar-refractivity contribution in [1.82, 2.24) is 19.6 Å². The zero-order valence-corrected chi connectivity index (χ0v) is 14.6. The zero-order chi connectivity index (χ0) is 17.6. The molecule has 0 aliphatic carbocycles. The van der Waals surface area contributed by atoms with Crippen molar-refractivity contribution in [3.8, 4) is 5.69 Å². The van der Waals surface area contributed by atoms with E-state index < -0.39 is 0 Å². The highest BCUT2D eigenvalue weighted by molar-refractivity contribution is 6.05. The first-order valence-electron chi connectivity index (χ1n) is 8.55. The molecule has 0 bridgehead atoms. The predicted molar refractivity (Wildman–Crippen MR) is 96.1 cm³/mol. The van der Waals surface area contributed by atoms with Crippen LogP contribution in [0.15, 0.2) is 48.7 Å². The third-order valence-corrected chi connectivity index (χ3v) is 4.76. The van der Waals surface area contributed by atoms with Gasteiger partial charge in [-0.3, -0.25) is 9.69 Å². The second-order valence-electron chi connectivity index (χ2n) is 6.66. The van der Waals surface area contributed by atoms with Gasteiger partial charge in [0.2, 0.25) is 0 Å². The quantitative estimate of drug-likeness (QED) is 0.721. The summed E-state index contributed by atoms with van der Waals surface area (Å²) in [5.41, 5.74) is 2.33. The molecule has 1 aromatic carbocycles. The van der Waals surface area contributed by atoms with Crippen LogP contribution < -0.4 is 4.90 Å². The van der Waals surface area contributed by atoms with Gasteiger partial charge in [0.1, 0.15) is 5.82 Å². The van der Waals surface area contributed by atoms with Crippen LogP contribution in [-0.4, -0.2) is 31.5 Å². The lowest BCUT2D eigenvalue weighted by molar-refractivity contribution is 0.0961. The number of carbonyl (C=O) groups is 1. The van der Waals surface area contributed by atoms with E-state index in [1.807, 2.05) is 63.7 Å². The topological polar surface area (TPSA) is 56.0 Å². The number of aryl methyl sites for hydroxylation is 1. The Labute approximate surface area is 146 Å². The van der Waals surface area contributed by atoms with E-state index >= 15 is 0 Å². The summed E-state index contributed by atoms with van der Waals surface area (Å²) < 4.78 is 3.72. The van der Waals surface area contributed by atoms with Gasteiger partial charge < -0.3 is 0 Å². The van der Waals surface area contributed by atoms with E-state index in [9.17, 15) is 4.79 Å². The molecule has 0 saturated heterocycles. The van der Waals surface area contributed by atoms with Crippen molar-refractivity contribution in [3.05, 3.63) is 60.0 Å². The summed E-state index contributed by atoms with van der Waals surface area (Å²) in [6, 6.07) is 14.0. The molecule has 25 heavy (non-hydrogen) atoms. The highest BCUT2D eigenvalue weighted by Crippen LogP contribution is 2.32. The first-order valence-corrected chi connectivity index (χ1v) is 8.55. The molecule has 6 nitrogen and oxygen atoms in total. The molecule has 3 heterocycles. The van der Waals surface area contributed by atoms with Crippen LogP contribution in [0.2, 0.25) is 0 Å². The van der Waals surface area contributed by atoms with Crippen LogP contribution in [0.1, 0.15) is 42.5 Å². The number of para-hydroxylation sites is 1. The van der Waals surface area contributed by atoms with Gasteiger partial charge in [-0.2, -0.15) is 10.2 Å². The molecule has 1 amide bonds. The lowest BCUT2D eigenvalue weighted by atomic mass is 10.1. The number of carbonyl (C=O) groups excluding carboxylic acids is 1. The molecule has 4 rings (SSSR count). The Kier molecular flexibility index (Phi) is 3.67. The molecule has 2 aromatic heterocycles. The van der Waals surface area contributed by atoms with Gasteiger partial charge in [0.05, 0.1) is 17.9 Å². The SMILES string of the molecule is Cc1cc(C(=O)N2c3ccnn3[C@H](C)C[C@H]2C)nn1-c1ccccc1. The monoisotopic (exact) mass is 335 g/mol. The van der Waals surface area contributed by atoms with Crippen molar-refractivity contribution >= 4 is 11.7 Å². The van der Waals surface area contributed by atoms with Gasteiger partial charge >= 0.3 is 0 Å². The summed E-state index contributed by atoms with van der Waals surface area (Å²) in [4.78, 5) is 15.0. The Hall–Kier alpha value is -2.89. The van der Waals surface area contributed by atoms with E-state index in [-0.39, 0.29) is 18.0 Å². The molecule has 128 valence electrons. The van der Waals surface area contributed by atoms with E-state index in [2.05, 4.69) is 24.0 Å². The summed E-state index contributed by atoms with van der Waals surface area (Å²) >= 11 is 0. The van der Waals surface area contributed by atoms with Crippen molar-refractivity contribution in [3.63, 3.8) is 0 Å². The van der Waals surface area contributed by atoms with Crippen LogP contribution in [0.4, 0.5) is 5.82 Å². The average molecular weight is 335 g/mol. The number of rotatable bonds is 2. The Morgan fingerprint density at radius 2 is 1.88 bits per heavy atom. The molecular weight excluding hydrogens is 314 g/mol. The van der Waals surface area contributed by atoms with Crippen LogP contribution in [0.3, 0.4) is 0 Å². The lowest BCUT2D eigenvalue weighted by Crippen LogP contribution is -2.45. The van der Waals surface area contributed by atoms with Gasteiger partial charge in [-0.05, 0) is 45.4 Å². The van der Waals surface area contributed by atoms with Crippen LogP contribution in [0.25, 0.3) is 5.69 Å². The van der Waals surface area contributed by atoms with E-state index in [1.54, 1.807) is 6.20 Å². The number of hydrogen-bond acceptors (Lipinski definition) is 3. The Bertz CT molecular complexity index is 911. The summed E-state index contributed by atoms with van der Waals surface area (Å²) in [5, 5.41) is 8.93. The second kappa shape index (κ2) is 5.88. The minimum atomic E-state index is -0.0843. The number of amides is 1. The highest BCUT2D eigenvalue weighted by Gasteiger charge is 2.34. The van der Waals surface area contributed by atoms with E-state index in [0.717, 1.165) is 23.6 Å². The highest BCUT2D eigenvalue weighted by atomic mass is 16.2. The van der Waals surface area contributed by atoms with Gasteiger partial charge in [0.15, 0.2) is 5.69 Å². The summed E-state index contributed by atoms with van der Waals surface area (Å²) in [5.74, 6) is 0.752. The summed E-state index contributed by atoms with van der Waals surface area (Å²) in [6.45, 7) is 6.16. The zero-order valence-electron chi connectivity index (χ0n) is 14.6. The van der Waals surface area contributed by atoms with Crippen LogP contribution in [-0.2, 0) is 0 Å². The van der Waals surface area contributed by atoms with Crippen molar-refractivity contribution in [2.75, 3.05) is 4.90 Å². The van der Waals surface area contributed by atoms with Gasteiger partial charge in [0, 0.05) is 17.8 Å². The maximum atomic E-state index is 13.2. The van der Waals surface area contributed by atoms with Gasteiger partial charge in [-0.1, -0.05) is 18.2 Å². The molecule has 0 radical (unpaired) electrons. The summed E-state index contributed by atoms with van der Waals surface area (Å²) in [6.07, 6.45) is 2.62. The largest absolute Gasteiger partial charge is 0.289 e. The maximum Gasteiger partial charge on any atom is 0.280 e. The van der Waals surface area contributed by atoms with E-state index in [0.29, 0.717) is 5.69 Å². The van der Waals surface area contributed by atoms with Gasteiger partial charge in [-0.15, -0.1) is 0 Å². The minimum Gasteiger partial charge on any atom is -0.289 e. The number of nitrogens with zero attached hydrogens (tertiary/aromatic N) is 5. The number of anilines is 1. The molecule has 0 fully saturated rings. The van der Waals surface area contributed by atoms with Crippen molar-refractivity contribution in [2.24, 2.45) is 0 Å². The second-order valence-corrected chi connectivity index (χ2v) is 6.66. The Morgan fingerprint density at radius 3 is 2.64 bits per heavy atom. The Balaban J connectivity index is 1.72. The average Bonchev–Trinajstić information content (AvgIpc) is 3.22. The first-order chi connectivity index (χ1) is 12.1. The molecule has 0 N–H and O–H groups in total. The molecule has 1 aliphatic heterocycles. The molecule has 3 aromatic rings. The van der Waals surface area contributed by atoms with Crippen LogP contribution >= 0.6 is 0 Å². The fourth-order valence-corrected chi connectivity index (χ4v) is 3.60. The number of aromatic nitrogens is 4. The molecule has 0 unspecified atom stereocenters. The predicted octanol–water partition coefficient (Wildman–Crippen LogP) is 3.38. The number of fused-ring (bicyclic) bond motifs is 1. The maximum absolute atomic E-state index is 13.2. The van der Waals surface area contributed by atoms with E-state index in [1.165, 1.54) is 0 Å². The molecule has 0 spiro atoms. The normalized spacial score (nSPS) is 19.7. The molecule has 0 saturated carbocycles. The van der Waals surface area contributed by atoms with E-state index in [4.69, 9.17) is 0 Å². The molecular formula is C19H21N5O. The first kappa shape index (κ1) is 15.6. The summed E-state index contributed by atoms with van der Waals surface area (Å²) in [7, 11) is 0.